The van der Waals surface area contributed by atoms with Gasteiger partial charge in [-0.2, -0.15) is 0 Å². The number of nitrogens with one attached hydrogen (secondary N) is 1. The minimum Gasteiger partial charge on any atom is -0.457 e. The number of β-lactam (4-membered cyclic amide) rings is 1. The smallest absolute Gasteiger partial charge is 0.356 e. The summed E-state index contributed by atoms with van der Waals surface area (Å²) >= 11 is 0. The lowest BCUT2D eigenvalue weighted by Crippen LogP contribution is -2.69. The average Bonchev–Trinajstić information content (AvgIpc) is 3.17. The number of benzene rings is 4. The van der Waals surface area contributed by atoms with Crippen molar-refractivity contribution in [1.29, 1.82) is 0 Å². The van der Waals surface area contributed by atoms with Gasteiger partial charge in [0.25, 0.3) is 0 Å². The molecule has 8 nitrogen and oxygen atoms in total. The average molecular weight is 777 g/mol. The van der Waals surface area contributed by atoms with E-state index in [1.165, 1.54) is 6.08 Å². The lowest BCUT2D eigenvalue weighted by molar-refractivity contribution is -0.156. The van der Waals surface area contributed by atoms with E-state index in [4.69, 9.17) is 9.16 Å². The van der Waals surface area contributed by atoms with E-state index in [0.717, 1.165) is 21.5 Å². The Hall–Kier alpha value is -4.82. The molecular weight excluding hydrogens is 724 g/mol. The third-order valence-electron chi connectivity index (χ3n) is 10.9. The molecule has 10 heteroatoms. The quantitative estimate of drug-likeness (QED) is 0.0363. The van der Waals surface area contributed by atoms with Crippen LogP contribution in [0.5, 0.6) is 0 Å². The van der Waals surface area contributed by atoms with Gasteiger partial charge in [-0.1, -0.05) is 149 Å². The molecule has 0 aliphatic carbocycles. The highest BCUT2D eigenvalue weighted by molar-refractivity contribution is 7.96. The molecule has 1 fully saturated rings. The molecule has 1 aliphatic heterocycles. The van der Waals surface area contributed by atoms with Gasteiger partial charge in [-0.05, 0) is 46.5 Å². The Balaban J connectivity index is 1.78. The molecule has 1 saturated heterocycles. The van der Waals surface area contributed by atoms with Gasteiger partial charge in [0.1, 0.15) is 12.0 Å². The van der Waals surface area contributed by atoms with Gasteiger partial charge in [-0.15, -0.1) is 0 Å². The van der Waals surface area contributed by atoms with Gasteiger partial charge < -0.3 is 19.4 Å². The molecule has 5 rings (SSSR count). The van der Waals surface area contributed by atoms with Crippen LogP contribution in [-0.2, 0) is 30.0 Å². The molecule has 288 valence electrons. The van der Waals surface area contributed by atoms with Crippen molar-refractivity contribution in [3.63, 3.8) is 0 Å². The van der Waals surface area contributed by atoms with Crippen LogP contribution in [0.3, 0.4) is 0 Å². The topological polar surface area (TPSA) is 102 Å². The summed E-state index contributed by atoms with van der Waals surface area (Å²) < 4.78 is 12.8. The summed E-state index contributed by atoms with van der Waals surface area (Å²) in [6.45, 7) is 13.2. The zero-order valence-corrected chi connectivity index (χ0v) is 34.8. The normalized spacial score (nSPS) is 16.4. The first-order valence-corrected chi connectivity index (χ1v) is 23.4. The van der Waals surface area contributed by atoms with Gasteiger partial charge in [0.2, 0.25) is 11.8 Å². The zero-order valence-electron chi connectivity index (χ0n) is 33.0. The Bertz CT molecular complexity index is 1960. The second-order valence-corrected chi connectivity index (χ2v) is 23.5. The second kappa shape index (κ2) is 17.3. The van der Waals surface area contributed by atoms with Crippen molar-refractivity contribution in [1.82, 2.24) is 10.2 Å². The number of carbonyl (C=O) groups is 4. The van der Waals surface area contributed by atoms with Crippen molar-refractivity contribution in [3.05, 3.63) is 139 Å². The van der Waals surface area contributed by atoms with Gasteiger partial charge in [-0.25, -0.2) is 4.79 Å². The Labute approximate surface area is 327 Å². The Morgan fingerprint density at radius 2 is 1.35 bits per heavy atom. The van der Waals surface area contributed by atoms with Crippen molar-refractivity contribution >= 4 is 60.1 Å². The minimum atomic E-state index is -3.19. The number of nitrogens with zero attached hydrogens (tertiary/aromatic N) is 1. The van der Waals surface area contributed by atoms with Gasteiger partial charge >= 0.3 is 5.97 Å². The van der Waals surface area contributed by atoms with Crippen LogP contribution in [0.1, 0.15) is 50.0 Å². The summed E-state index contributed by atoms with van der Waals surface area (Å²) in [6.07, 6.45) is 1.09. The molecule has 2 amide bonds. The number of amides is 2. The number of ether oxygens (including phenoxy) is 1. The molecule has 0 saturated carbocycles. The number of esters is 1. The molecule has 1 heterocycles. The van der Waals surface area contributed by atoms with Crippen LogP contribution in [-0.4, -0.2) is 68.0 Å². The first-order chi connectivity index (χ1) is 26.2. The summed E-state index contributed by atoms with van der Waals surface area (Å²) in [4.78, 5) is 57.9. The highest BCUT2D eigenvalue weighted by atomic mass is 31.2. The molecule has 0 bridgehead atoms. The fraction of sp³-hybridized carbons (Fsp3) is 0.311. The highest BCUT2D eigenvalue weighted by Gasteiger charge is 2.57. The molecule has 4 aromatic carbocycles. The number of hydrogen-bond acceptors (Lipinski definition) is 6. The number of ketones is 1. The Morgan fingerprint density at radius 3 is 1.78 bits per heavy atom. The minimum absolute atomic E-state index is 0.0625. The van der Waals surface area contributed by atoms with E-state index in [0.29, 0.717) is 5.56 Å². The zero-order chi connectivity index (χ0) is 40.0. The fourth-order valence-electron chi connectivity index (χ4n) is 7.03. The van der Waals surface area contributed by atoms with Crippen LogP contribution in [0.15, 0.2) is 128 Å². The van der Waals surface area contributed by atoms with Crippen LogP contribution in [0, 0.1) is 5.92 Å². The lowest BCUT2D eigenvalue weighted by Gasteiger charge is -2.53. The molecule has 4 aromatic rings. The van der Waals surface area contributed by atoms with Crippen LogP contribution in [0.25, 0.3) is 0 Å². The van der Waals surface area contributed by atoms with Crippen LogP contribution in [0.2, 0.25) is 18.1 Å². The van der Waals surface area contributed by atoms with Gasteiger partial charge in [0.05, 0.1) is 24.5 Å². The van der Waals surface area contributed by atoms with Gasteiger partial charge in [0.15, 0.2) is 14.1 Å². The van der Waals surface area contributed by atoms with Crippen LogP contribution >= 0.6 is 6.89 Å². The van der Waals surface area contributed by atoms with Crippen molar-refractivity contribution in [3.8, 4) is 0 Å². The summed E-state index contributed by atoms with van der Waals surface area (Å²) in [7, 11) is -0.789. The van der Waals surface area contributed by atoms with Crippen LogP contribution in [0.4, 0.5) is 0 Å². The van der Waals surface area contributed by atoms with Crippen LogP contribution < -0.4 is 21.2 Å². The van der Waals surface area contributed by atoms with Crippen molar-refractivity contribution < 1.29 is 28.3 Å². The Morgan fingerprint density at radius 1 is 0.855 bits per heavy atom. The molecule has 0 aromatic heterocycles. The standard InChI is InChI=1S/C45H53N2O6PSi/c1-9-29-52-44(51)43(54(35-19-13-10-14-20-35,36-21-15-11-16-22-36)37-23-17-12-18-24-37)47-38(41(42(47)50)32(2)53-55(7,8)45(3,4)5)31-39(48)34-27-25-33(26-28-34)30-40(49)46-6/h9-28,32,38,41H,1,29-31H2,2-8H3,(H,46,49)/t32?,38-,41-/m1/s1. The third-order valence-corrected chi connectivity index (χ3v) is 19.7. The van der Waals surface area contributed by atoms with E-state index >= 15 is 4.79 Å². The van der Waals surface area contributed by atoms with E-state index in [1.807, 2.05) is 97.9 Å². The summed E-state index contributed by atoms with van der Waals surface area (Å²) in [5.74, 6) is -1.97. The number of likely N-dealkylation sites (N-methyl/N-ethyl adjacent to an activating group) is 1. The molecule has 0 spiro atoms. The number of hydrogen-bond donors (Lipinski definition) is 1. The summed E-state index contributed by atoms with van der Waals surface area (Å²) in [6, 6.07) is 35.7. The van der Waals surface area contributed by atoms with Gasteiger partial charge in [0, 0.05) is 25.9 Å². The first-order valence-electron chi connectivity index (χ1n) is 18.7. The van der Waals surface area contributed by atoms with E-state index in [2.05, 4.69) is 45.8 Å². The maximum absolute atomic E-state index is 15.1. The molecule has 3 atom stereocenters. The van der Waals surface area contributed by atoms with E-state index < -0.39 is 39.2 Å². The lowest BCUT2D eigenvalue weighted by atomic mass is 9.79. The number of rotatable bonds is 15. The third kappa shape index (κ3) is 8.54. The molecular formula is C45H53N2O6PSi. The maximum Gasteiger partial charge on any atom is 0.356 e. The van der Waals surface area contributed by atoms with E-state index in [9.17, 15) is 14.4 Å². The van der Waals surface area contributed by atoms with Crippen molar-refractivity contribution in [2.45, 2.75) is 70.8 Å². The summed E-state index contributed by atoms with van der Waals surface area (Å²) in [5, 5.41) is 5.07. The highest BCUT2D eigenvalue weighted by Crippen LogP contribution is 2.50. The molecule has 1 N–H and O–H groups in total. The predicted octanol–water partition coefficient (Wildman–Crippen LogP) is 6.64. The van der Waals surface area contributed by atoms with E-state index in [-0.39, 0.29) is 47.5 Å². The molecule has 0 radical (unpaired) electrons. The molecule has 55 heavy (non-hydrogen) atoms. The fourth-order valence-corrected chi connectivity index (χ4v) is 12.9. The van der Waals surface area contributed by atoms with E-state index in [1.54, 1.807) is 36.2 Å². The number of carbonyl (C=O) groups excluding carboxylic acids is 4. The second-order valence-electron chi connectivity index (χ2n) is 15.4. The monoisotopic (exact) mass is 776 g/mol. The van der Waals surface area contributed by atoms with Crippen molar-refractivity contribution in [2.24, 2.45) is 5.92 Å². The largest absolute Gasteiger partial charge is 0.457 e. The first kappa shape index (κ1) is 41.3. The SMILES string of the molecule is C=CCOC(=O)C(N1C(=O)[C@H](C(C)O[Si](C)(C)C(C)(C)C)[C@H]1CC(=O)c1ccc(CC(=O)NC)cc1)=P(c1ccccc1)(c1ccccc1)c1ccccc1. The number of likely N-dealkylation sites (tertiary alicyclic amines) is 1. The predicted molar refractivity (Wildman–Crippen MR) is 226 cm³/mol. The van der Waals surface area contributed by atoms with Crippen molar-refractivity contribution in [2.75, 3.05) is 13.7 Å². The maximum atomic E-state index is 15.1. The molecule has 1 aliphatic rings. The Kier molecular flexibility index (Phi) is 13.0. The number of Topliss-reactive ketones (excluding diaryl/α,β-unsaturated/α-hetero) is 1. The van der Waals surface area contributed by atoms with Gasteiger partial charge in [-0.3, -0.25) is 14.4 Å². The molecule has 1 unspecified atom stereocenters. The summed E-state index contributed by atoms with van der Waals surface area (Å²) in [5.41, 5.74) is 1.43.